The third-order valence-corrected chi connectivity index (χ3v) is 3.26. The zero-order chi connectivity index (χ0) is 14.6. The van der Waals surface area contributed by atoms with E-state index < -0.39 is 0 Å². The van der Waals surface area contributed by atoms with Crippen LogP contribution in [-0.4, -0.2) is 25.2 Å². The van der Waals surface area contributed by atoms with Crippen molar-refractivity contribution in [2.24, 2.45) is 0 Å². The molecular formula is C16H27NO3. The molecule has 0 amide bonds. The zero-order valence-electron chi connectivity index (χ0n) is 12.7. The summed E-state index contributed by atoms with van der Waals surface area (Å²) in [6.45, 7) is 5.52. The summed E-state index contributed by atoms with van der Waals surface area (Å²) >= 11 is 0. The fraction of sp³-hybridized carbons (Fsp3) is 0.688. The molecule has 1 unspecified atom stereocenters. The van der Waals surface area contributed by atoms with E-state index in [1.165, 1.54) is 0 Å². The van der Waals surface area contributed by atoms with Gasteiger partial charge in [-0.05, 0) is 51.8 Å². The number of esters is 1. The summed E-state index contributed by atoms with van der Waals surface area (Å²) in [5.41, 5.74) is 0. The number of carbonyl (C=O) groups excluding carboxylic acids is 1. The van der Waals surface area contributed by atoms with E-state index in [0.717, 1.165) is 44.4 Å². The van der Waals surface area contributed by atoms with Gasteiger partial charge in [-0.15, -0.1) is 0 Å². The molecule has 0 radical (unpaired) electrons. The predicted octanol–water partition coefficient (Wildman–Crippen LogP) is 3.31. The molecule has 1 aromatic heterocycles. The van der Waals surface area contributed by atoms with Gasteiger partial charge in [-0.25, -0.2) is 0 Å². The van der Waals surface area contributed by atoms with Gasteiger partial charge in [-0.2, -0.15) is 0 Å². The highest BCUT2D eigenvalue weighted by molar-refractivity contribution is 5.69. The summed E-state index contributed by atoms with van der Waals surface area (Å²) in [5, 5.41) is 3.50. The molecule has 0 aliphatic rings. The smallest absolute Gasteiger partial charge is 0.305 e. The van der Waals surface area contributed by atoms with Gasteiger partial charge in [0.25, 0.3) is 0 Å². The lowest BCUT2D eigenvalue weighted by atomic mass is 10.1. The lowest BCUT2D eigenvalue weighted by Gasteiger charge is -2.12. The Morgan fingerprint density at radius 3 is 2.95 bits per heavy atom. The van der Waals surface area contributed by atoms with Crippen molar-refractivity contribution in [1.29, 1.82) is 0 Å². The fourth-order valence-electron chi connectivity index (χ4n) is 2.07. The second-order valence-corrected chi connectivity index (χ2v) is 5.09. The molecule has 114 valence electrons. The van der Waals surface area contributed by atoms with Gasteiger partial charge in [-0.1, -0.05) is 6.42 Å². The van der Waals surface area contributed by atoms with Gasteiger partial charge in [0.05, 0.1) is 12.9 Å². The first-order valence-corrected chi connectivity index (χ1v) is 7.63. The third-order valence-electron chi connectivity index (χ3n) is 3.26. The first-order chi connectivity index (χ1) is 9.72. The number of nitrogens with one attached hydrogen (secondary N) is 1. The summed E-state index contributed by atoms with van der Waals surface area (Å²) < 4.78 is 10.2. The SMILES string of the molecule is CCOC(=O)CCCCCNC(C)CCc1ccco1. The number of hydrogen-bond acceptors (Lipinski definition) is 4. The Morgan fingerprint density at radius 2 is 2.25 bits per heavy atom. The van der Waals surface area contributed by atoms with E-state index in [1.54, 1.807) is 6.26 Å². The first kappa shape index (κ1) is 16.8. The van der Waals surface area contributed by atoms with Gasteiger partial charge in [0.2, 0.25) is 0 Å². The molecule has 1 rings (SSSR count). The van der Waals surface area contributed by atoms with Crippen molar-refractivity contribution in [2.75, 3.05) is 13.2 Å². The number of unbranched alkanes of at least 4 members (excludes halogenated alkanes) is 2. The molecule has 1 atom stereocenters. The molecule has 1 N–H and O–H groups in total. The summed E-state index contributed by atoms with van der Waals surface area (Å²) in [6, 6.07) is 4.43. The van der Waals surface area contributed by atoms with Crippen molar-refractivity contribution in [1.82, 2.24) is 5.32 Å². The molecule has 0 saturated heterocycles. The van der Waals surface area contributed by atoms with Gasteiger partial charge in [0.1, 0.15) is 5.76 Å². The van der Waals surface area contributed by atoms with Crippen LogP contribution in [-0.2, 0) is 16.0 Å². The van der Waals surface area contributed by atoms with Crippen molar-refractivity contribution < 1.29 is 13.9 Å². The van der Waals surface area contributed by atoms with Crippen LogP contribution in [0.25, 0.3) is 0 Å². The molecule has 0 aromatic carbocycles. The Labute approximate surface area is 121 Å². The van der Waals surface area contributed by atoms with E-state index in [4.69, 9.17) is 9.15 Å². The fourth-order valence-corrected chi connectivity index (χ4v) is 2.07. The molecule has 20 heavy (non-hydrogen) atoms. The van der Waals surface area contributed by atoms with E-state index >= 15 is 0 Å². The lowest BCUT2D eigenvalue weighted by molar-refractivity contribution is -0.143. The molecule has 0 saturated carbocycles. The highest BCUT2D eigenvalue weighted by Gasteiger charge is 2.04. The summed E-state index contributed by atoms with van der Waals surface area (Å²) in [6.07, 6.45) is 7.40. The molecule has 4 heteroatoms. The summed E-state index contributed by atoms with van der Waals surface area (Å²) in [5.74, 6) is 0.973. The number of aryl methyl sites for hydroxylation is 1. The average molecular weight is 281 g/mol. The third kappa shape index (κ3) is 8.00. The van der Waals surface area contributed by atoms with Crippen LogP contribution in [0.4, 0.5) is 0 Å². The molecule has 0 aliphatic heterocycles. The monoisotopic (exact) mass is 281 g/mol. The van der Waals surface area contributed by atoms with Crippen LogP contribution in [0.1, 0.15) is 51.7 Å². The van der Waals surface area contributed by atoms with Crippen LogP contribution in [0.15, 0.2) is 22.8 Å². The second-order valence-electron chi connectivity index (χ2n) is 5.09. The van der Waals surface area contributed by atoms with Crippen LogP contribution in [0.3, 0.4) is 0 Å². The first-order valence-electron chi connectivity index (χ1n) is 7.63. The van der Waals surface area contributed by atoms with Gasteiger partial charge in [0, 0.05) is 18.9 Å². The summed E-state index contributed by atoms with van der Waals surface area (Å²) in [4.78, 5) is 11.1. The molecule has 4 nitrogen and oxygen atoms in total. The maximum atomic E-state index is 11.1. The van der Waals surface area contributed by atoms with Crippen LogP contribution < -0.4 is 5.32 Å². The Bertz CT molecular complexity index is 349. The summed E-state index contributed by atoms with van der Waals surface area (Å²) in [7, 11) is 0. The van der Waals surface area contributed by atoms with Gasteiger partial charge >= 0.3 is 5.97 Å². The van der Waals surface area contributed by atoms with E-state index in [-0.39, 0.29) is 5.97 Å². The Hall–Kier alpha value is -1.29. The van der Waals surface area contributed by atoms with E-state index in [0.29, 0.717) is 19.1 Å². The van der Waals surface area contributed by atoms with Crippen molar-refractivity contribution in [2.45, 2.75) is 58.4 Å². The van der Waals surface area contributed by atoms with Gasteiger partial charge in [0.15, 0.2) is 0 Å². The molecule has 0 bridgehead atoms. The van der Waals surface area contributed by atoms with Crippen LogP contribution in [0.5, 0.6) is 0 Å². The van der Waals surface area contributed by atoms with Crippen molar-refractivity contribution >= 4 is 5.97 Å². The Balaban J connectivity index is 1.91. The highest BCUT2D eigenvalue weighted by Crippen LogP contribution is 2.06. The number of rotatable bonds is 11. The Kier molecular flexibility index (Phi) is 8.79. The molecule has 0 spiro atoms. The van der Waals surface area contributed by atoms with Crippen molar-refractivity contribution in [3.05, 3.63) is 24.2 Å². The minimum absolute atomic E-state index is 0.0766. The average Bonchev–Trinajstić information content (AvgIpc) is 2.94. The Morgan fingerprint density at radius 1 is 1.40 bits per heavy atom. The van der Waals surface area contributed by atoms with E-state index in [1.807, 2.05) is 19.1 Å². The van der Waals surface area contributed by atoms with Crippen LogP contribution >= 0.6 is 0 Å². The maximum Gasteiger partial charge on any atom is 0.305 e. The highest BCUT2D eigenvalue weighted by atomic mass is 16.5. The molecular weight excluding hydrogens is 254 g/mol. The largest absolute Gasteiger partial charge is 0.469 e. The van der Waals surface area contributed by atoms with E-state index in [9.17, 15) is 4.79 Å². The lowest BCUT2D eigenvalue weighted by Crippen LogP contribution is -2.27. The molecule has 1 heterocycles. The normalized spacial score (nSPS) is 12.3. The predicted molar refractivity (Wildman–Crippen MR) is 79.6 cm³/mol. The molecule has 0 aliphatic carbocycles. The van der Waals surface area contributed by atoms with Crippen molar-refractivity contribution in [3.8, 4) is 0 Å². The molecule has 1 aromatic rings. The van der Waals surface area contributed by atoms with Gasteiger partial charge < -0.3 is 14.5 Å². The van der Waals surface area contributed by atoms with Gasteiger partial charge in [-0.3, -0.25) is 4.79 Å². The zero-order valence-corrected chi connectivity index (χ0v) is 12.7. The van der Waals surface area contributed by atoms with Crippen molar-refractivity contribution in [3.63, 3.8) is 0 Å². The number of furan rings is 1. The van der Waals surface area contributed by atoms with E-state index in [2.05, 4.69) is 12.2 Å². The minimum Gasteiger partial charge on any atom is -0.469 e. The molecule has 0 fully saturated rings. The maximum absolute atomic E-state index is 11.1. The van der Waals surface area contributed by atoms with Crippen LogP contribution in [0.2, 0.25) is 0 Å². The number of hydrogen-bond donors (Lipinski definition) is 1. The minimum atomic E-state index is -0.0766. The van der Waals surface area contributed by atoms with Crippen LogP contribution in [0, 0.1) is 0 Å². The number of carbonyl (C=O) groups is 1. The topological polar surface area (TPSA) is 51.5 Å². The standard InChI is InChI=1S/C16H27NO3/c1-3-19-16(18)9-5-4-6-12-17-14(2)10-11-15-8-7-13-20-15/h7-8,13-14,17H,3-6,9-12H2,1-2H3. The number of ether oxygens (including phenoxy) is 1. The second kappa shape index (κ2) is 10.5. The quantitative estimate of drug-likeness (QED) is 0.499.